The first-order valence-corrected chi connectivity index (χ1v) is 16.3. The Morgan fingerprint density at radius 2 is 0.844 bits per heavy atom. The molecule has 3 aromatic carbocycles. The lowest BCUT2D eigenvalue weighted by Gasteiger charge is -2.25. The Balaban J connectivity index is 0.000000646. The van der Waals surface area contributed by atoms with Crippen LogP contribution in [0.2, 0.25) is 15.1 Å². The second-order valence-electron chi connectivity index (χ2n) is 12.5. The van der Waals surface area contributed by atoms with Crippen molar-refractivity contribution >= 4 is 68.1 Å². The molecule has 0 amide bonds. The highest BCUT2D eigenvalue weighted by Gasteiger charge is 2.21. The molecule has 45 heavy (non-hydrogen) atoms. The highest BCUT2D eigenvalue weighted by Crippen LogP contribution is 2.16. The summed E-state index contributed by atoms with van der Waals surface area (Å²) in [6.07, 6.45) is 0. The van der Waals surface area contributed by atoms with Gasteiger partial charge >= 0.3 is 0 Å². The summed E-state index contributed by atoms with van der Waals surface area (Å²) in [6.45, 7) is 17.8. The van der Waals surface area contributed by atoms with Crippen LogP contribution in [0, 0.1) is 0 Å². The average Bonchev–Trinajstić information content (AvgIpc) is 2.90. The third-order valence-electron chi connectivity index (χ3n) is 5.77. The quantitative estimate of drug-likeness (QED) is 0.178. The summed E-state index contributed by atoms with van der Waals surface area (Å²) < 4.78 is 0. The SMILES string of the molecule is C.CC(Br)C(=O)c1cccc(Cl)c1.CC(NC(C)(C)C)C(=O)c1cccc(Cl)c1.CC(NC(C)(C)C)C(=O)c1cccc(Cl)c1. The van der Waals surface area contributed by atoms with Gasteiger partial charge in [-0.15, -0.1) is 0 Å². The molecule has 0 bridgehead atoms. The number of nitrogens with one attached hydrogen (secondary N) is 2. The molecule has 248 valence electrons. The highest BCUT2D eigenvalue weighted by atomic mass is 79.9. The van der Waals surface area contributed by atoms with Crippen LogP contribution in [-0.2, 0) is 0 Å². The Morgan fingerprint density at radius 1 is 0.578 bits per heavy atom. The van der Waals surface area contributed by atoms with E-state index in [0.29, 0.717) is 31.8 Å². The minimum absolute atomic E-state index is 0. The topological polar surface area (TPSA) is 75.3 Å². The number of carbonyl (C=O) groups excluding carboxylic acids is 3. The second-order valence-corrected chi connectivity index (χ2v) is 15.2. The maximum atomic E-state index is 12.1. The molecule has 0 aliphatic carbocycles. The third kappa shape index (κ3) is 17.4. The molecule has 5 nitrogen and oxygen atoms in total. The van der Waals surface area contributed by atoms with Crippen molar-refractivity contribution < 1.29 is 14.4 Å². The van der Waals surface area contributed by atoms with E-state index in [1.165, 1.54) is 0 Å². The average molecular weight is 743 g/mol. The fraction of sp³-hybridized carbons (Fsp3) is 0.417. The zero-order valence-electron chi connectivity index (χ0n) is 26.9. The van der Waals surface area contributed by atoms with Crippen molar-refractivity contribution in [2.24, 2.45) is 0 Å². The van der Waals surface area contributed by atoms with Gasteiger partial charge in [-0.1, -0.05) is 94.6 Å². The molecule has 3 rings (SSSR count). The second kappa shape index (κ2) is 19.6. The van der Waals surface area contributed by atoms with Crippen LogP contribution in [0.25, 0.3) is 0 Å². The van der Waals surface area contributed by atoms with Crippen LogP contribution in [0.4, 0.5) is 0 Å². The monoisotopic (exact) mass is 740 g/mol. The Hall–Kier alpha value is -2.06. The van der Waals surface area contributed by atoms with E-state index in [-0.39, 0.29) is 52.8 Å². The first-order valence-electron chi connectivity index (χ1n) is 14.3. The fourth-order valence-corrected chi connectivity index (χ4v) is 4.92. The molecule has 3 unspecified atom stereocenters. The first-order chi connectivity index (χ1) is 20.2. The number of alkyl halides is 1. The zero-order valence-corrected chi connectivity index (χ0v) is 30.8. The molecule has 2 N–H and O–H groups in total. The molecule has 0 saturated heterocycles. The minimum atomic E-state index is -0.210. The lowest BCUT2D eigenvalue weighted by molar-refractivity contribution is 0.0929. The van der Waals surface area contributed by atoms with Crippen molar-refractivity contribution in [2.75, 3.05) is 0 Å². The lowest BCUT2D eigenvalue weighted by atomic mass is 10.0. The molecular weight excluding hydrogens is 695 g/mol. The molecular formula is C36H48BrCl3N2O3. The molecule has 3 aromatic rings. The number of benzene rings is 3. The number of Topliss-reactive ketones (excluding diaryl/α,β-unsaturated/α-hetero) is 3. The van der Waals surface area contributed by atoms with Crippen molar-refractivity contribution in [3.05, 3.63) is 105 Å². The molecule has 9 heteroatoms. The highest BCUT2D eigenvalue weighted by molar-refractivity contribution is 9.10. The van der Waals surface area contributed by atoms with Gasteiger partial charge in [0.2, 0.25) is 0 Å². The summed E-state index contributed by atoms with van der Waals surface area (Å²) in [4.78, 5) is 35.3. The molecule has 0 radical (unpaired) electrons. The van der Waals surface area contributed by atoms with Gasteiger partial charge in [0.05, 0.1) is 16.9 Å². The van der Waals surface area contributed by atoms with Gasteiger partial charge in [0.25, 0.3) is 0 Å². The number of ketones is 3. The number of carbonyl (C=O) groups is 3. The molecule has 0 aliphatic heterocycles. The molecule has 0 fully saturated rings. The van der Waals surface area contributed by atoms with Gasteiger partial charge in [-0.25, -0.2) is 0 Å². The van der Waals surface area contributed by atoms with Crippen molar-refractivity contribution in [3.8, 4) is 0 Å². The zero-order chi connectivity index (χ0) is 33.8. The van der Waals surface area contributed by atoms with Crippen LogP contribution in [0.1, 0.15) is 101 Å². The van der Waals surface area contributed by atoms with Crippen LogP contribution in [0.5, 0.6) is 0 Å². The Morgan fingerprint density at radius 3 is 1.07 bits per heavy atom. The summed E-state index contributed by atoms with van der Waals surface area (Å²) in [5, 5.41) is 8.26. The Bertz CT molecular complexity index is 1320. The van der Waals surface area contributed by atoms with E-state index in [1.807, 2.05) is 55.4 Å². The number of rotatable bonds is 8. The van der Waals surface area contributed by atoms with E-state index >= 15 is 0 Å². The summed E-state index contributed by atoms with van der Waals surface area (Å²) in [7, 11) is 0. The van der Waals surface area contributed by atoms with Crippen LogP contribution < -0.4 is 10.6 Å². The van der Waals surface area contributed by atoms with Crippen LogP contribution in [-0.4, -0.2) is 45.3 Å². The van der Waals surface area contributed by atoms with Gasteiger partial charge in [0.1, 0.15) is 0 Å². The molecule has 3 atom stereocenters. The maximum Gasteiger partial charge on any atom is 0.179 e. The largest absolute Gasteiger partial charge is 0.303 e. The third-order valence-corrected chi connectivity index (χ3v) is 6.90. The summed E-state index contributed by atoms with van der Waals surface area (Å²) in [5.74, 6) is 0.187. The summed E-state index contributed by atoms with van der Waals surface area (Å²) in [6, 6.07) is 20.6. The van der Waals surface area contributed by atoms with E-state index in [2.05, 4.69) is 26.6 Å². The predicted octanol–water partition coefficient (Wildman–Crippen LogP) is 10.5. The van der Waals surface area contributed by atoms with E-state index in [0.717, 1.165) is 0 Å². The van der Waals surface area contributed by atoms with Gasteiger partial charge in [-0.2, -0.15) is 0 Å². The van der Waals surface area contributed by atoms with E-state index in [9.17, 15) is 14.4 Å². The number of hydrogen-bond acceptors (Lipinski definition) is 5. The molecule has 0 heterocycles. The predicted molar refractivity (Wildman–Crippen MR) is 197 cm³/mol. The van der Waals surface area contributed by atoms with Crippen molar-refractivity contribution in [1.82, 2.24) is 10.6 Å². The fourth-order valence-electron chi connectivity index (χ4n) is 4.09. The van der Waals surface area contributed by atoms with Crippen LogP contribution in [0.15, 0.2) is 72.8 Å². The molecule has 0 saturated carbocycles. The lowest BCUT2D eigenvalue weighted by Crippen LogP contribution is -2.46. The van der Waals surface area contributed by atoms with Gasteiger partial charge in [-0.05, 0) is 98.7 Å². The normalized spacial score (nSPS) is 13.0. The standard InChI is InChI=1S/2C13H18ClNO.C9H8BrClO.CH4/c2*1-9(15-13(2,3)4)12(16)10-6-5-7-11(14)8-10;1-6(10)9(12)7-3-2-4-8(11)5-7;/h2*5-9,15H,1-4H3;2-6H,1H3;1H4. The van der Waals surface area contributed by atoms with Gasteiger partial charge < -0.3 is 10.6 Å². The van der Waals surface area contributed by atoms with Gasteiger partial charge in [0, 0.05) is 42.8 Å². The van der Waals surface area contributed by atoms with Crippen LogP contribution >= 0.6 is 50.7 Å². The first kappa shape index (κ1) is 42.9. The number of halogens is 4. The molecule has 0 aromatic heterocycles. The van der Waals surface area contributed by atoms with E-state index in [4.69, 9.17) is 34.8 Å². The Labute approximate surface area is 293 Å². The number of hydrogen-bond donors (Lipinski definition) is 2. The van der Waals surface area contributed by atoms with E-state index in [1.54, 1.807) is 79.7 Å². The van der Waals surface area contributed by atoms with Crippen molar-refractivity contribution in [2.45, 2.75) is 97.7 Å². The van der Waals surface area contributed by atoms with Crippen molar-refractivity contribution in [1.29, 1.82) is 0 Å². The molecule has 0 aliphatic rings. The van der Waals surface area contributed by atoms with Gasteiger partial charge in [0.15, 0.2) is 17.3 Å². The summed E-state index contributed by atoms with van der Waals surface area (Å²) in [5.41, 5.74) is 1.79. The smallest absolute Gasteiger partial charge is 0.179 e. The maximum absolute atomic E-state index is 12.1. The Kier molecular flexibility index (Phi) is 18.7. The van der Waals surface area contributed by atoms with E-state index < -0.39 is 0 Å². The minimum Gasteiger partial charge on any atom is -0.303 e. The van der Waals surface area contributed by atoms with Crippen molar-refractivity contribution in [3.63, 3.8) is 0 Å². The van der Waals surface area contributed by atoms with Gasteiger partial charge in [-0.3, -0.25) is 14.4 Å². The van der Waals surface area contributed by atoms with Crippen LogP contribution in [0.3, 0.4) is 0 Å². The summed E-state index contributed by atoms with van der Waals surface area (Å²) >= 11 is 20.6. The molecule has 0 spiro atoms.